The lowest BCUT2D eigenvalue weighted by molar-refractivity contribution is 0.481. The Balaban J connectivity index is 1.92. The van der Waals surface area contributed by atoms with Gasteiger partial charge in [-0.25, -0.2) is 4.98 Å². The van der Waals surface area contributed by atoms with Crippen molar-refractivity contribution in [1.29, 1.82) is 0 Å². The Morgan fingerprint density at radius 2 is 1.94 bits per heavy atom. The van der Waals surface area contributed by atoms with Gasteiger partial charge in [-0.3, -0.25) is 0 Å². The molecule has 0 bridgehead atoms. The van der Waals surface area contributed by atoms with E-state index < -0.39 is 0 Å². The van der Waals surface area contributed by atoms with E-state index in [9.17, 15) is 0 Å². The molecule has 3 N–H and O–H groups in total. The Hall–Kier alpha value is -2.27. The van der Waals surface area contributed by atoms with Gasteiger partial charge in [0.15, 0.2) is 11.6 Å². The number of aromatic amines is 1. The Labute approximate surface area is 108 Å². The molecule has 6 heteroatoms. The first-order valence-corrected chi connectivity index (χ1v) is 5.63. The molecule has 3 rings (SSSR count). The standard InChI is InChI=1S/C12H9ClN4O/c13-7-1-3-8(4-2-7)18-9-5-10-11(15-6-9)17-12(14)16-10/h1-6H,(H3,14,15,16,17). The summed E-state index contributed by atoms with van der Waals surface area (Å²) in [6.45, 7) is 0. The molecule has 0 amide bonds. The second-order valence-corrected chi connectivity index (χ2v) is 4.16. The van der Waals surface area contributed by atoms with Gasteiger partial charge in [0.2, 0.25) is 0 Å². The molecule has 0 aliphatic carbocycles. The van der Waals surface area contributed by atoms with E-state index >= 15 is 0 Å². The fourth-order valence-electron chi connectivity index (χ4n) is 1.59. The van der Waals surface area contributed by atoms with Crippen molar-refractivity contribution in [3.05, 3.63) is 41.6 Å². The lowest BCUT2D eigenvalue weighted by Gasteiger charge is -2.04. The van der Waals surface area contributed by atoms with Crippen molar-refractivity contribution in [2.75, 3.05) is 5.73 Å². The van der Waals surface area contributed by atoms with Crippen LogP contribution in [0, 0.1) is 0 Å². The van der Waals surface area contributed by atoms with Gasteiger partial charge in [0, 0.05) is 11.1 Å². The Bertz CT molecular complexity index is 693. The van der Waals surface area contributed by atoms with E-state index in [0.29, 0.717) is 28.1 Å². The summed E-state index contributed by atoms with van der Waals surface area (Å²) >= 11 is 5.80. The highest BCUT2D eigenvalue weighted by Gasteiger charge is 2.04. The second kappa shape index (κ2) is 4.19. The first kappa shape index (κ1) is 10.9. The topological polar surface area (TPSA) is 76.8 Å². The molecule has 3 aromatic rings. The summed E-state index contributed by atoms with van der Waals surface area (Å²) in [6.07, 6.45) is 1.59. The predicted molar refractivity (Wildman–Crippen MR) is 69.8 cm³/mol. The van der Waals surface area contributed by atoms with Crippen LogP contribution >= 0.6 is 11.6 Å². The van der Waals surface area contributed by atoms with E-state index in [2.05, 4.69) is 15.0 Å². The summed E-state index contributed by atoms with van der Waals surface area (Å²) in [7, 11) is 0. The third-order valence-electron chi connectivity index (χ3n) is 2.38. The van der Waals surface area contributed by atoms with Gasteiger partial charge in [0.1, 0.15) is 11.5 Å². The quantitative estimate of drug-likeness (QED) is 0.743. The lowest BCUT2D eigenvalue weighted by Crippen LogP contribution is -1.85. The number of nitrogens with two attached hydrogens (primary N) is 1. The molecule has 0 aliphatic heterocycles. The minimum Gasteiger partial charge on any atom is -0.456 e. The van der Waals surface area contributed by atoms with Crippen LogP contribution in [-0.4, -0.2) is 15.0 Å². The number of hydrogen-bond donors (Lipinski definition) is 2. The monoisotopic (exact) mass is 260 g/mol. The molecule has 18 heavy (non-hydrogen) atoms. The number of ether oxygens (including phenoxy) is 1. The molecule has 0 saturated carbocycles. The van der Waals surface area contributed by atoms with Crippen LogP contribution in [0.2, 0.25) is 5.02 Å². The molecule has 0 spiro atoms. The maximum atomic E-state index is 5.80. The largest absolute Gasteiger partial charge is 0.456 e. The highest BCUT2D eigenvalue weighted by Crippen LogP contribution is 2.24. The number of nitrogens with zero attached hydrogens (tertiary/aromatic N) is 2. The smallest absolute Gasteiger partial charge is 0.200 e. The average molecular weight is 261 g/mol. The molecule has 2 aromatic heterocycles. The first-order chi connectivity index (χ1) is 8.70. The highest BCUT2D eigenvalue weighted by molar-refractivity contribution is 6.30. The molecule has 2 heterocycles. The molecule has 5 nitrogen and oxygen atoms in total. The number of nitrogen functional groups attached to an aromatic ring is 1. The van der Waals surface area contributed by atoms with Gasteiger partial charge in [0.05, 0.1) is 11.7 Å². The van der Waals surface area contributed by atoms with E-state index in [4.69, 9.17) is 22.1 Å². The molecule has 0 saturated heterocycles. The predicted octanol–water partition coefficient (Wildman–Crippen LogP) is 2.99. The van der Waals surface area contributed by atoms with Crippen molar-refractivity contribution in [2.24, 2.45) is 0 Å². The van der Waals surface area contributed by atoms with Crippen LogP contribution in [0.5, 0.6) is 11.5 Å². The summed E-state index contributed by atoms with van der Waals surface area (Å²) in [6, 6.07) is 8.88. The average Bonchev–Trinajstić information content (AvgIpc) is 2.71. The number of pyridine rings is 1. The molecule has 90 valence electrons. The van der Waals surface area contributed by atoms with E-state index in [-0.39, 0.29) is 0 Å². The zero-order valence-corrected chi connectivity index (χ0v) is 9.98. The van der Waals surface area contributed by atoms with Gasteiger partial charge < -0.3 is 15.5 Å². The number of fused-ring (bicyclic) bond motifs is 1. The maximum absolute atomic E-state index is 5.80. The zero-order chi connectivity index (χ0) is 12.5. The van der Waals surface area contributed by atoms with Crippen LogP contribution in [-0.2, 0) is 0 Å². The number of anilines is 1. The SMILES string of the molecule is Nc1nc2ncc(Oc3ccc(Cl)cc3)cc2[nH]1. The van der Waals surface area contributed by atoms with E-state index in [1.54, 1.807) is 36.5 Å². The second-order valence-electron chi connectivity index (χ2n) is 3.72. The molecule has 0 aliphatic rings. The fourth-order valence-corrected chi connectivity index (χ4v) is 1.72. The molecule has 1 aromatic carbocycles. The van der Waals surface area contributed by atoms with Crippen molar-refractivity contribution in [3.8, 4) is 11.5 Å². The summed E-state index contributed by atoms with van der Waals surface area (Å²) in [4.78, 5) is 11.1. The molecular formula is C12H9ClN4O. The number of rotatable bonds is 2. The number of hydrogen-bond acceptors (Lipinski definition) is 4. The molecule has 0 radical (unpaired) electrons. The van der Waals surface area contributed by atoms with Crippen LogP contribution in [0.3, 0.4) is 0 Å². The first-order valence-electron chi connectivity index (χ1n) is 5.25. The van der Waals surface area contributed by atoms with Crippen molar-refractivity contribution < 1.29 is 4.74 Å². The van der Waals surface area contributed by atoms with E-state index in [1.165, 1.54) is 0 Å². The normalized spacial score (nSPS) is 10.7. The van der Waals surface area contributed by atoms with Gasteiger partial charge in [-0.15, -0.1) is 0 Å². The highest BCUT2D eigenvalue weighted by atomic mass is 35.5. The van der Waals surface area contributed by atoms with Crippen molar-refractivity contribution in [1.82, 2.24) is 15.0 Å². The van der Waals surface area contributed by atoms with Crippen molar-refractivity contribution in [3.63, 3.8) is 0 Å². The summed E-state index contributed by atoms with van der Waals surface area (Å²) in [5.74, 6) is 1.63. The van der Waals surface area contributed by atoms with E-state index in [1.807, 2.05) is 0 Å². The summed E-state index contributed by atoms with van der Waals surface area (Å²) in [5.41, 5.74) is 6.85. The van der Waals surface area contributed by atoms with E-state index in [0.717, 1.165) is 5.52 Å². The Kier molecular flexibility index (Phi) is 2.53. The van der Waals surface area contributed by atoms with Crippen molar-refractivity contribution >= 4 is 28.7 Å². The van der Waals surface area contributed by atoms with Gasteiger partial charge in [0.25, 0.3) is 0 Å². The molecule has 0 atom stereocenters. The van der Waals surface area contributed by atoms with Gasteiger partial charge in [-0.1, -0.05) is 11.6 Å². The number of H-pyrrole nitrogens is 1. The third kappa shape index (κ3) is 2.08. The third-order valence-corrected chi connectivity index (χ3v) is 2.63. The number of aromatic nitrogens is 3. The van der Waals surface area contributed by atoms with Gasteiger partial charge in [-0.05, 0) is 24.3 Å². The number of nitrogens with one attached hydrogen (secondary N) is 1. The zero-order valence-electron chi connectivity index (χ0n) is 9.22. The Morgan fingerprint density at radius 1 is 1.17 bits per heavy atom. The van der Waals surface area contributed by atoms with Gasteiger partial charge in [-0.2, -0.15) is 4.98 Å². The fraction of sp³-hybridized carbons (Fsp3) is 0. The van der Waals surface area contributed by atoms with Gasteiger partial charge >= 0.3 is 0 Å². The number of benzene rings is 1. The minimum absolute atomic E-state index is 0.334. The summed E-state index contributed by atoms with van der Waals surface area (Å²) in [5, 5.41) is 0.664. The Morgan fingerprint density at radius 3 is 2.72 bits per heavy atom. The molecule has 0 unspecified atom stereocenters. The van der Waals surface area contributed by atoms with Crippen LogP contribution in [0.25, 0.3) is 11.2 Å². The van der Waals surface area contributed by atoms with Crippen LogP contribution < -0.4 is 10.5 Å². The van der Waals surface area contributed by atoms with Crippen LogP contribution in [0.4, 0.5) is 5.95 Å². The summed E-state index contributed by atoms with van der Waals surface area (Å²) < 4.78 is 5.64. The molecule has 0 fully saturated rings. The number of halogens is 1. The van der Waals surface area contributed by atoms with Crippen LogP contribution in [0.1, 0.15) is 0 Å². The molecular weight excluding hydrogens is 252 g/mol. The maximum Gasteiger partial charge on any atom is 0.200 e. The lowest BCUT2D eigenvalue weighted by atomic mass is 10.3. The minimum atomic E-state index is 0.334. The van der Waals surface area contributed by atoms with Crippen LogP contribution in [0.15, 0.2) is 36.5 Å². The number of imidazole rings is 1. The van der Waals surface area contributed by atoms with Crippen molar-refractivity contribution in [2.45, 2.75) is 0 Å².